The molecule has 1 aliphatic rings. The van der Waals surface area contributed by atoms with Crippen LogP contribution in [-0.2, 0) is 9.47 Å². The van der Waals surface area contributed by atoms with Crippen LogP contribution in [0.2, 0.25) is 5.02 Å². The van der Waals surface area contributed by atoms with Crippen LogP contribution < -0.4 is 0 Å². The van der Waals surface area contributed by atoms with Crippen molar-refractivity contribution in [1.82, 2.24) is 0 Å². The van der Waals surface area contributed by atoms with Gasteiger partial charge in [-0.2, -0.15) is 0 Å². The Kier molecular flexibility index (Phi) is 6.30. The maximum Gasteiger partial charge on any atom is 0.222 e. The molecule has 0 aliphatic carbocycles. The molecule has 1 fully saturated rings. The van der Waals surface area contributed by atoms with Crippen molar-refractivity contribution in [2.75, 3.05) is 13.2 Å². The number of hydrogen-bond acceptors (Lipinski definition) is 2. The van der Waals surface area contributed by atoms with Gasteiger partial charge in [0.05, 0.1) is 13.2 Å². The predicted molar refractivity (Wildman–Crippen MR) is 102 cm³/mol. The second-order valence-corrected chi connectivity index (χ2v) is 6.46. The molecule has 25 heavy (non-hydrogen) atoms. The Morgan fingerprint density at radius 3 is 2.20 bits per heavy atom. The van der Waals surface area contributed by atoms with Crippen molar-refractivity contribution in [3.63, 3.8) is 0 Å². The lowest BCUT2D eigenvalue weighted by atomic mass is 10.0. The summed E-state index contributed by atoms with van der Waals surface area (Å²) in [6, 6.07) is 15.9. The van der Waals surface area contributed by atoms with Gasteiger partial charge >= 0.3 is 0 Å². The third-order valence-corrected chi connectivity index (χ3v) is 4.32. The highest BCUT2D eigenvalue weighted by molar-refractivity contribution is 6.30. The topological polar surface area (TPSA) is 18.5 Å². The summed E-state index contributed by atoms with van der Waals surface area (Å²) in [7, 11) is 0. The summed E-state index contributed by atoms with van der Waals surface area (Å²) >= 11 is 5.93. The van der Waals surface area contributed by atoms with Gasteiger partial charge in [-0.1, -0.05) is 53.9 Å². The van der Waals surface area contributed by atoms with Gasteiger partial charge in [0.25, 0.3) is 0 Å². The van der Waals surface area contributed by atoms with Crippen LogP contribution in [0.15, 0.2) is 60.7 Å². The summed E-state index contributed by atoms with van der Waals surface area (Å²) in [4.78, 5) is 0. The lowest BCUT2D eigenvalue weighted by molar-refractivity contribution is -0.168. The highest BCUT2D eigenvalue weighted by atomic mass is 35.5. The Hall–Kier alpha value is -2.05. The first-order chi connectivity index (χ1) is 12.2. The highest BCUT2D eigenvalue weighted by Gasteiger charge is 2.19. The van der Waals surface area contributed by atoms with Crippen LogP contribution in [0, 0.1) is 17.8 Å². The van der Waals surface area contributed by atoms with Crippen LogP contribution in [0.5, 0.6) is 0 Å². The van der Waals surface area contributed by atoms with E-state index in [-0.39, 0.29) is 0 Å². The number of benzene rings is 2. The normalized spacial score (nSPS) is 20.2. The summed E-state index contributed by atoms with van der Waals surface area (Å²) in [5.41, 5.74) is 3.22. The molecule has 2 nitrogen and oxygen atoms in total. The monoisotopic (exact) mass is 352 g/mol. The van der Waals surface area contributed by atoms with E-state index in [4.69, 9.17) is 21.1 Å². The van der Waals surface area contributed by atoms with Gasteiger partial charge in [-0.25, -0.2) is 0 Å². The molecule has 0 amide bonds. The van der Waals surface area contributed by atoms with Crippen molar-refractivity contribution in [2.45, 2.75) is 19.6 Å². The molecule has 2 aromatic carbocycles. The average Bonchev–Trinajstić information content (AvgIpc) is 2.67. The molecule has 2 aromatic rings. The molecule has 1 aliphatic heterocycles. The van der Waals surface area contributed by atoms with Gasteiger partial charge < -0.3 is 9.47 Å². The Labute approximate surface area is 154 Å². The molecule has 3 rings (SSSR count). The van der Waals surface area contributed by atoms with Crippen LogP contribution in [0.25, 0.3) is 11.1 Å². The maximum absolute atomic E-state index is 5.93. The quantitative estimate of drug-likeness (QED) is 0.550. The largest absolute Gasteiger partial charge is 0.342 e. The number of ether oxygens (including phenoxy) is 2. The van der Waals surface area contributed by atoms with Gasteiger partial charge in [0.1, 0.15) is 0 Å². The van der Waals surface area contributed by atoms with Gasteiger partial charge in [-0.05, 0) is 54.7 Å². The van der Waals surface area contributed by atoms with Crippen LogP contribution in [0.3, 0.4) is 0 Å². The Balaban J connectivity index is 1.58. The van der Waals surface area contributed by atoms with Crippen molar-refractivity contribution in [1.29, 1.82) is 0 Å². The highest BCUT2D eigenvalue weighted by Crippen LogP contribution is 2.22. The van der Waals surface area contributed by atoms with Crippen molar-refractivity contribution < 1.29 is 9.47 Å². The summed E-state index contributed by atoms with van der Waals surface area (Å²) < 4.78 is 11.3. The molecule has 3 heteroatoms. The van der Waals surface area contributed by atoms with Crippen molar-refractivity contribution in [3.8, 4) is 23.0 Å². The average molecular weight is 353 g/mol. The second-order valence-electron chi connectivity index (χ2n) is 6.02. The number of rotatable bonds is 3. The van der Waals surface area contributed by atoms with Gasteiger partial charge in [-0.15, -0.1) is 0 Å². The third-order valence-electron chi connectivity index (χ3n) is 4.07. The zero-order chi connectivity index (χ0) is 17.5. The molecular formula is C22H21ClO2. The fraction of sp³-hybridized carbons (Fsp3) is 0.273. The molecule has 0 atom stereocenters. The number of halogens is 1. The summed E-state index contributed by atoms with van der Waals surface area (Å²) in [5, 5.41) is 0.742. The first-order valence-corrected chi connectivity index (χ1v) is 8.84. The van der Waals surface area contributed by atoms with Gasteiger partial charge in [0.2, 0.25) is 6.29 Å². The molecule has 1 heterocycles. The van der Waals surface area contributed by atoms with E-state index < -0.39 is 6.29 Å². The fourth-order valence-electron chi connectivity index (χ4n) is 2.62. The minimum Gasteiger partial charge on any atom is -0.342 e. The van der Waals surface area contributed by atoms with E-state index in [0.717, 1.165) is 28.1 Å². The molecule has 0 bridgehead atoms. The van der Waals surface area contributed by atoms with Gasteiger partial charge in [0.15, 0.2) is 0 Å². The molecule has 128 valence electrons. The Bertz CT molecular complexity index is 758. The minimum atomic E-state index is -0.433. The molecular weight excluding hydrogens is 332 g/mol. The lowest BCUT2D eigenvalue weighted by Gasteiger charge is -2.25. The maximum atomic E-state index is 5.93. The van der Waals surface area contributed by atoms with Crippen LogP contribution in [-0.4, -0.2) is 19.5 Å². The van der Waals surface area contributed by atoms with E-state index in [9.17, 15) is 0 Å². The van der Waals surface area contributed by atoms with E-state index in [1.807, 2.05) is 43.3 Å². The second kappa shape index (κ2) is 8.87. The van der Waals surface area contributed by atoms with E-state index in [1.54, 1.807) is 0 Å². The van der Waals surface area contributed by atoms with E-state index in [2.05, 4.69) is 36.1 Å². The standard InChI is InChI=1S/C22H21ClO2/c1-2-3-4-18-15-24-22(25-16-18)14-7-17-5-8-19(9-6-17)20-10-12-21(23)13-11-20/h2-3,5-6,8-13,18,22H,4,15-16H2,1H3/b3-2+. The first-order valence-electron chi connectivity index (χ1n) is 8.46. The smallest absolute Gasteiger partial charge is 0.222 e. The Morgan fingerprint density at radius 2 is 1.60 bits per heavy atom. The molecule has 1 saturated heterocycles. The SMILES string of the molecule is C/C=C/CC1COC(C#Cc2ccc(-c3ccc(Cl)cc3)cc2)OC1. The van der Waals surface area contributed by atoms with Crippen LogP contribution in [0.4, 0.5) is 0 Å². The summed E-state index contributed by atoms with van der Waals surface area (Å²) in [5.74, 6) is 6.60. The lowest BCUT2D eigenvalue weighted by Crippen LogP contribution is -2.30. The predicted octanol–water partition coefficient (Wildman–Crippen LogP) is 5.31. The third kappa shape index (κ3) is 5.21. The molecule has 0 aromatic heterocycles. The zero-order valence-corrected chi connectivity index (χ0v) is 15.0. The summed E-state index contributed by atoms with van der Waals surface area (Å²) in [6.45, 7) is 3.41. The molecule has 0 radical (unpaired) electrons. The first kappa shape index (κ1) is 17.8. The molecule has 0 N–H and O–H groups in total. The Morgan fingerprint density at radius 1 is 1.00 bits per heavy atom. The van der Waals surface area contributed by atoms with Gasteiger partial charge in [0, 0.05) is 16.5 Å². The minimum absolute atomic E-state index is 0.424. The summed E-state index contributed by atoms with van der Waals surface area (Å²) in [6.07, 6.45) is 4.76. The van der Waals surface area contributed by atoms with Gasteiger partial charge in [-0.3, -0.25) is 0 Å². The van der Waals surface area contributed by atoms with E-state index in [1.165, 1.54) is 0 Å². The molecule has 0 spiro atoms. The number of allylic oxidation sites excluding steroid dienone is 2. The zero-order valence-electron chi connectivity index (χ0n) is 14.2. The van der Waals surface area contributed by atoms with Crippen molar-refractivity contribution in [3.05, 3.63) is 71.3 Å². The van der Waals surface area contributed by atoms with Crippen LogP contribution >= 0.6 is 11.6 Å². The van der Waals surface area contributed by atoms with Crippen LogP contribution in [0.1, 0.15) is 18.9 Å². The van der Waals surface area contributed by atoms with Crippen molar-refractivity contribution >= 4 is 11.6 Å². The number of hydrogen-bond donors (Lipinski definition) is 0. The van der Waals surface area contributed by atoms with Crippen molar-refractivity contribution in [2.24, 2.45) is 5.92 Å². The van der Waals surface area contributed by atoms with E-state index >= 15 is 0 Å². The van der Waals surface area contributed by atoms with E-state index in [0.29, 0.717) is 19.1 Å². The fourth-order valence-corrected chi connectivity index (χ4v) is 2.75. The molecule has 0 unspecified atom stereocenters. The molecule has 0 saturated carbocycles.